The molecule has 3 aromatic heterocycles. The molecule has 150 valence electrons. The first-order valence-electron chi connectivity index (χ1n) is 8.42. The molecule has 4 rings (SSSR count). The SMILES string of the molecule is COc1ccc(Cn2nc(C(F)(F)F)nc2-c2cn3ccc(SC)nc3n2)cc1. The van der Waals surface area contributed by atoms with Gasteiger partial charge in [0.1, 0.15) is 16.5 Å². The van der Waals surface area contributed by atoms with E-state index in [0.29, 0.717) is 11.5 Å². The van der Waals surface area contributed by atoms with Crippen LogP contribution in [0.1, 0.15) is 11.4 Å². The highest BCUT2D eigenvalue weighted by Gasteiger charge is 2.37. The van der Waals surface area contributed by atoms with Gasteiger partial charge in [-0.25, -0.2) is 19.6 Å². The van der Waals surface area contributed by atoms with Crippen LogP contribution in [0.25, 0.3) is 17.3 Å². The smallest absolute Gasteiger partial charge is 0.453 e. The lowest BCUT2D eigenvalue weighted by atomic mass is 10.2. The predicted molar refractivity (Wildman–Crippen MR) is 101 cm³/mol. The highest BCUT2D eigenvalue weighted by molar-refractivity contribution is 7.98. The monoisotopic (exact) mass is 420 g/mol. The molecule has 0 saturated carbocycles. The predicted octanol–water partition coefficient (Wildman–Crippen LogP) is 3.79. The van der Waals surface area contributed by atoms with Crippen molar-refractivity contribution >= 4 is 17.5 Å². The van der Waals surface area contributed by atoms with Crippen molar-refractivity contribution < 1.29 is 17.9 Å². The number of imidazole rings is 1. The van der Waals surface area contributed by atoms with Crippen LogP contribution >= 0.6 is 11.8 Å². The second-order valence-corrected chi connectivity index (χ2v) is 6.89. The summed E-state index contributed by atoms with van der Waals surface area (Å²) in [5.74, 6) is -0.167. The average Bonchev–Trinajstić information content (AvgIpc) is 3.31. The number of alkyl halides is 3. The molecule has 0 unspecified atom stereocenters. The van der Waals surface area contributed by atoms with Gasteiger partial charge in [-0.1, -0.05) is 12.1 Å². The fraction of sp³-hybridized carbons (Fsp3) is 0.222. The topological polar surface area (TPSA) is 70.1 Å². The second kappa shape index (κ2) is 7.39. The third kappa shape index (κ3) is 3.90. The van der Waals surface area contributed by atoms with E-state index in [1.165, 1.54) is 16.4 Å². The number of fused-ring (bicyclic) bond motifs is 1. The van der Waals surface area contributed by atoms with Crippen LogP contribution in [0.15, 0.2) is 47.8 Å². The summed E-state index contributed by atoms with van der Waals surface area (Å²) >= 11 is 1.45. The van der Waals surface area contributed by atoms with E-state index in [2.05, 4.69) is 20.1 Å². The summed E-state index contributed by atoms with van der Waals surface area (Å²) < 4.78 is 47.7. The Hall–Kier alpha value is -3.08. The Kier molecular flexibility index (Phi) is 4.91. The molecular weight excluding hydrogens is 405 g/mol. The van der Waals surface area contributed by atoms with Crippen molar-refractivity contribution in [3.8, 4) is 17.3 Å². The minimum atomic E-state index is -4.66. The molecule has 4 aromatic rings. The summed E-state index contributed by atoms with van der Waals surface area (Å²) in [5, 5.41) is 4.43. The van der Waals surface area contributed by atoms with E-state index in [-0.39, 0.29) is 18.1 Å². The van der Waals surface area contributed by atoms with E-state index in [0.717, 1.165) is 10.6 Å². The average molecular weight is 420 g/mol. The summed E-state index contributed by atoms with van der Waals surface area (Å²) in [6, 6.07) is 8.78. The lowest BCUT2D eigenvalue weighted by molar-refractivity contribution is -0.144. The van der Waals surface area contributed by atoms with Crippen molar-refractivity contribution in [2.45, 2.75) is 17.7 Å². The maximum Gasteiger partial charge on any atom is 0.453 e. The van der Waals surface area contributed by atoms with E-state index in [9.17, 15) is 13.2 Å². The number of ether oxygens (including phenoxy) is 1. The summed E-state index contributed by atoms with van der Waals surface area (Å²) in [5.41, 5.74) is 1.00. The van der Waals surface area contributed by atoms with E-state index < -0.39 is 12.0 Å². The first-order chi connectivity index (χ1) is 13.9. The van der Waals surface area contributed by atoms with E-state index in [1.54, 1.807) is 54.2 Å². The van der Waals surface area contributed by atoms with E-state index in [1.807, 2.05) is 6.26 Å². The van der Waals surface area contributed by atoms with Crippen molar-refractivity contribution in [3.63, 3.8) is 0 Å². The van der Waals surface area contributed by atoms with Crippen molar-refractivity contribution in [3.05, 3.63) is 54.1 Å². The van der Waals surface area contributed by atoms with E-state index in [4.69, 9.17) is 4.74 Å². The molecule has 0 amide bonds. The van der Waals surface area contributed by atoms with Crippen LogP contribution in [0.5, 0.6) is 5.75 Å². The Labute approximate surface area is 167 Å². The molecule has 0 fully saturated rings. The van der Waals surface area contributed by atoms with Crippen molar-refractivity contribution in [1.29, 1.82) is 0 Å². The third-order valence-electron chi connectivity index (χ3n) is 4.16. The molecule has 0 aliphatic heterocycles. The van der Waals surface area contributed by atoms with Gasteiger partial charge in [0.2, 0.25) is 5.78 Å². The number of nitrogens with zero attached hydrogens (tertiary/aromatic N) is 6. The first kappa shape index (κ1) is 19.2. The minimum absolute atomic E-state index is 0.0179. The third-order valence-corrected chi connectivity index (χ3v) is 4.80. The Morgan fingerprint density at radius 2 is 1.83 bits per heavy atom. The van der Waals surface area contributed by atoms with Crippen LogP contribution in [-0.2, 0) is 12.7 Å². The van der Waals surface area contributed by atoms with Gasteiger partial charge in [0.15, 0.2) is 5.82 Å². The Morgan fingerprint density at radius 1 is 1.07 bits per heavy atom. The molecule has 0 spiro atoms. The highest BCUT2D eigenvalue weighted by atomic mass is 32.2. The fourth-order valence-electron chi connectivity index (χ4n) is 2.74. The van der Waals surface area contributed by atoms with Crippen LogP contribution in [-0.4, -0.2) is 42.5 Å². The number of halogens is 3. The van der Waals surface area contributed by atoms with Crippen molar-refractivity contribution in [2.75, 3.05) is 13.4 Å². The van der Waals surface area contributed by atoms with Crippen LogP contribution < -0.4 is 4.74 Å². The molecule has 1 aromatic carbocycles. The molecule has 0 saturated heterocycles. The Bertz CT molecular complexity index is 1150. The number of hydrogen-bond donors (Lipinski definition) is 0. The molecule has 0 radical (unpaired) electrons. The molecule has 7 nitrogen and oxygen atoms in total. The van der Waals surface area contributed by atoms with Crippen LogP contribution in [0.2, 0.25) is 0 Å². The molecule has 0 bridgehead atoms. The number of aromatic nitrogens is 6. The number of methoxy groups -OCH3 is 1. The van der Waals surface area contributed by atoms with Gasteiger partial charge in [-0.3, -0.25) is 4.40 Å². The molecular formula is C18H15F3N6OS. The molecule has 11 heteroatoms. The summed E-state index contributed by atoms with van der Waals surface area (Å²) in [7, 11) is 1.54. The normalized spacial score (nSPS) is 11.9. The first-order valence-corrected chi connectivity index (χ1v) is 9.65. The van der Waals surface area contributed by atoms with Gasteiger partial charge >= 0.3 is 6.18 Å². The van der Waals surface area contributed by atoms with Crippen molar-refractivity contribution in [2.24, 2.45) is 0 Å². The standard InChI is InChI=1S/C18H15F3N6OS/c1-28-12-5-3-11(4-6-12)9-27-15(24-16(25-27)18(19,20)21)13-10-26-8-7-14(29-2)23-17(26)22-13/h3-8,10H,9H2,1-2H3. The molecule has 0 aliphatic carbocycles. The minimum Gasteiger partial charge on any atom is -0.497 e. The van der Waals surface area contributed by atoms with Crippen molar-refractivity contribution in [1.82, 2.24) is 29.1 Å². The summed E-state index contributed by atoms with van der Waals surface area (Å²) in [4.78, 5) is 12.4. The van der Waals surface area contributed by atoms with Gasteiger partial charge in [-0.05, 0) is 30.0 Å². The van der Waals surface area contributed by atoms with Gasteiger partial charge in [-0.15, -0.1) is 16.9 Å². The van der Waals surface area contributed by atoms with Crippen LogP contribution in [0, 0.1) is 0 Å². The molecule has 0 aliphatic rings. The van der Waals surface area contributed by atoms with Crippen LogP contribution in [0.4, 0.5) is 13.2 Å². The number of rotatable bonds is 5. The summed E-state index contributed by atoms with van der Waals surface area (Å²) in [6.07, 6.45) is 0.549. The quantitative estimate of drug-likeness (QED) is 0.362. The number of thioether (sulfide) groups is 1. The lowest BCUT2D eigenvalue weighted by Crippen LogP contribution is -2.09. The Balaban J connectivity index is 1.77. The zero-order valence-electron chi connectivity index (χ0n) is 15.4. The molecule has 3 heterocycles. The Morgan fingerprint density at radius 3 is 2.48 bits per heavy atom. The largest absolute Gasteiger partial charge is 0.497 e. The number of hydrogen-bond acceptors (Lipinski definition) is 6. The molecule has 0 atom stereocenters. The van der Waals surface area contributed by atoms with Crippen LogP contribution in [0.3, 0.4) is 0 Å². The number of benzene rings is 1. The summed E-state index contributed by atoms with van der Waals surface area (Å²) in [6.45, 7) is 0.0970. The maximum absolute atomic E-state index is 13.2. The zero-order chi connectivity index (χ0) is 20.6. The van der Waals surface area contributed by atoms with Gasteiger partial charge in [-0.2, -0.15) is 13.2 Å². The van der Waals surface area contributed by atoms with Gasteiger partial charge < -0.3 is 4.74 Å². The van der Waals surface area contributed by atoms with Gasteiger partial charge in [0, 0.05) is 12.4 Å². The zero-order valence-corrected chi connectivity index (χ0v) is 16.2. The van der Waals surface area contributed by atoms with Gasteiger partial charge in [0.05, 0.1) is 13.7 Å². The molecule has 29 heavy (non-hydrogen) atoms. The molecule has 0 N–H and O–H groups in total. The maximum atomic E-state index is 13.2. The lowest BCUT2D eigenvalue weighted by Gasteiger charge is -2.06. The van der Waals surface area contributed by atoms with Gasteiger partial charge in [0.25, 0.3) is 5.82 Å². The second-order valence-electron chi connectivity index (χ2n) is 6.07. The highest BCUT2D eigenvalue weighted by Crippen LogP contribution is 2.29. The van der Waals surface area contributed by atoms with E-state index >= 15 is 0 Å². The fourth-order valence-corrected chi connectivity index (χ4v) is 3.11.